The van der Waals surface area contributed by atoms with Crippen molar-refractivity contribution >= 4 is 26.0 Å². The number of halogens is 1. The lowest BCUT2D eigenvalue weighted by Gasteiger charge is -2.09. The van der Waals surface area contributed by atoms with Gasteiger partial charge < -0.3 is 9.15 Å². The summed E-state index contributed by atoms with van der Waals surface area (Å²) in [4.78, 5) is 0. The van der Waals surface area contributed by atoms with E-state index in [1.165, 1.54) is 20.2 Å². The smallest absolute Gasteiger partial charge is 0.275 e. The van der Waals surface area contributed by atoms with Crippen LogP contribution in [-0.2, 0) is 16.6 Å². The summed E-state index contributed by atoms with van der Waals surface area (Å²) in [6.07, 6.45) is 0. The van der Waals surface area contributed by atoms with Crippen LogP contribution in [-0.4, -0.2) is 26.8 Å². The molecule has 0 radical (unpaired) electrons. The number of hydrogen-bond acceptors (Lipinski definition) is 4. The van der Waals surface area contributed by atoms with Crippen molar-refractivity contribution < 1.29 is 17.6 Å². The average Bonchev–Trinajstić information content (AvgIpc) is 2.87. The molecule has 0 saturated heterocycles. The topological polar surface area (TPSA) is 59.8 Å². The van der Waals surface area contributed by atoms with Crippen LogP contribution in [0.1, 0.15) is 11.3 Å². The summed E-state index contributed by atoms with van der Waals surface area (Å²) >= 11 is 3.42. The third-order valence-electron chi connectivity index (χ3n) is 2.83. The molecule has 0 N–H and O–H groups in total. The van der Waals surface area contributed by atoms with Crippen LogP contribution in [0.4, 0.5) is 0 Å². The summed E-state index contributed by atoms with van der Waals surface area (Å²) < 4.78 is 36.7. The summed E-state index contributed by atoms with van der Waals surface area (Å²) in [5.41, 5.74) is 1.12. The van der Waals surface area contributed by atoms with Crippen LogP contribution < -0.4 is 4.74 Å². The Morgan fingerprint density at radius 3 is 2.57 bits per heavy atom. The Hall–Kier alpha value is -1.31. The van der Waals surface area contributed by atoms with Crippen LogP contribution in [0.25, 0.3) is 0 Å². The lowest BCUT2D eigenvalue weighted by Crippen LogP contribution is -2.21. The Balaban J connectivity index is 2.10. The van der Waals surface area contributed by atoms with Crippen LogP contribution in [0.2, 0.25) is 0 Å². The van der Waals surface area contributed by atoms with E-state index in [1.54, 1.807) is 6.07 Å². The van der Waals surface area contributed by atoms with Crippen LogP contribution in [0.15, 0.2) is 44.3 Å². The van der Waals surface area contributed by atoms with Crippen molar-refractivity contribution in [2.45, 2.75) is 18.6 Å². The fraction of sp³-hybridized carbons (Fsp3) is 0.286. The van der Waals surface area contributed by atoms with Gasteiger partial charge in [0.15, 0.2) is 0 Å². The molecule has 2 rings (SSSR count). The SMILES string of the molecule is Cc1ccc(OCc2ccc(S(=O)(=O)N(C)C)o2)c(Br)c1. The van der Waals surface area contributed by atoms with Gasteiger partial charge in [-0.25, -0.2) is 12.7 Å². The number of aryl methyl sites for hydroxylation is 1. The van der Waals surface area contributed by atoms with E-state index in [0.717, 1.165) is 14.3 Å². The molecule has 0 atom stereocenters. The highest BCUT2D eigenvalue weighted by molar-refractivity contribution is 9.10. The molecular formula is C14H16BrNO4S. The molecule has 0 spiro atoms. The minimum atomic E-state index is -3.55. The first-order valence-electron chi connectivity index (χ1n) is 6.21. The first-order valence-corrected chi connectivity index (χ1v) is 8.44. The van der Waals surface area contributed by atoms with E-state index in [2.05, 4.69) is 15.9 Å². The molecule has 21 heavy (non-hydrogen) atoms. The van der Waals surface area contributed by atoms with Gasteiger partial charge in [0.05, 0.1) is 4.47 Å². The van der Waals surface area contributed by atoms with E-state index in [9.17, 15) is 8.42 Å². The minimum absolute atomic E-state index is 0.0888. The number of rotatable bonds is 5. The van der Waals surface area contributed by atoms with Crippen molar-refractivity contribution in [3.8, 4) is 5.75 Å². The molecule has 1 aromatic carbocycles. The van der Waals surface area contributed by atoms with Crippen molar-refractivity contribution in [3.05, 3.63) is 46.1 Å². The monoisotopic (exact) mass is 373 g/mol. The van der Waals surface area contributed by atoms with Gasteiger partial charge in [-0.1, -0.05) is 6.07 Å². The average molecular weight is 374 g/mol. The van der Waals surface area contributed by atoms with Crippen molar-refractivity contribution in [1.29, 1.82) is 0 Å². The number of sulfonamides is 1. The predicted molar refractivity (Wildman–Crippen MR) is 82.8 cm³/mol. The highest BCUT2D eigenvalue weighted by Crippen LogP contribution is 2.27. The van der Waals surface area contributed by atoms with Gasteiger partial charge in [-0.05, 0) is 52.7 Å². The van der Waals surface area contributed by atoms with Gasteiger partial charge in [0, 0.05) is 14.1 Å². The number of hydrogen-bond donors (Lipinski definition) is 0. The molecule has 0 fully saturated rings. The Kier molecular flexibility index (Phi) is 4.75. The molecule has 0 amide bonds. The summed E-state index contributed by atoms with van der Waals surface area (Å²) in [6, 6.07) is 8.75. The van der Waals surface area contributed by atoms with Gasteiger partial charge in [-0.2, -0.15) is 0 Å². The minimum Gasteiger partial charge on any atom is -0.484 e. The Labute approximate surface area is 132 Å². The largest absolute Gasteiger partial charge is 0.484 e. The van der Waals surface area contributed by atoms with E-state index in [1.807, 2.05) is 25.1 Å². The van der Waals surface area contributed by atoms with Crippen molar-refractivity contribution in [1.82, 2.24) is 4.31 Å². The molecule has 1 aromatic heterocycles. The van der Waals surface area contributed by atoms with E-state index < -0.39 is 10.0 Å². The van der Waals surface area contributed by atoms with E-state index in [4.69, 9.17) is 9.15 Å². The number of benzene rings is 1. The molecule has 2 aromatic rings. The molecule has 0 aliphatic carbocycles. The normalized spacial score (nSPS) is 11.9. The van der Waals surface area contributed by atoms with Crippen LogP contribution >= 0.6 is 15.9 Å². The number of ether oxygens (including phenoxy) is 1. The fourth-order valence-corrected chi connectivity index (χ4v) is 3.05. The van der Waals surface area contributed by atoms with Gasteiger partial charge in [0.25, 0.3) is 10.0 Å². The lowest BCUT2D eigenvalue weighted by molar-refractivity contribution is 0.255. The molecular weight excluding hydrogens is 358 g/mol. The van der Waals surface area contributed by atoms with Crippen LogP contribution in [0.3, 0.4) is 0 Å². The molecule has 0 bridgehead atoms. The quantitative estimate of drug-likeness (QED) is 0.807. The van der Waals surface area contributed by atoms with Crippen LogP contribution in [0, 0.1) is 6.92 Å². The summed E-state index contributed by atoms with van der Waals surface area (Å²) in [7, 11) is -0.639. The van der Waals surface area contributed by atoms with E-state index in [0.29, 0.717) is 11.5 Å². The van der Waals surface area contributed by atoms with Gasteiger partial charge in [-0.15, -0.1) is 0 Å². The summed E-state index contributed by atoms with van der Waals surface area (Å²) in [5.74, 6) is 1.12. The maximum absolute atomic E-state index is 11.9. The highest BCUT2D eigenvalue weighted by Gasteiger charge is 2.21. The van der Waals surface area contributed by atoms with E-state index >= 15 is 0 Å². The fourth-order valence-electron chi connectivity index (χ4n) is 1.63. The molecule has 114 valence electrons. The Morgan fingerprint density at radius 1 is 1.24 bits per heavy atom. The molecule has 0 saturated carbocycles. The maximum atomic E-state index is 11.9. The van der Waals surface area contributed by atoms with E-state index in [-0.39, 0.29) is 11.7 Å². The van der Waals surface area contributed by atoms with Gasteiger partial charge in [-0.3, -0.25) is 0 Å². The summed E-state index contributed by atoms with van der Waals surface area (Å²) in [6.45, 7) is 2.14. The molecule has 1 heterocycles. The molecule has 0 unspecified atom stereocenters. The third-order valence-corrected chi connectivity index (χ3v) is 5.14. The van der Waals surface area contributed by atoms with Gasteiger partial charge >= 0.3 is 0 Å². The zero-order valence-corrected chi connectivity index (χ0v) is 14.4. The molecule has 7 heteroatoms. The summed E-state index contributed by atoms with van der Waals surface area (Å²) in [5, 5.41) is -0.0888. The Bertz CT molecular complexity index is 737. The maximum Gasteiger partial charge on any atom is 0.275 e. The predicted octanol–water partition coefficient (Wildman–Crippen LogP) is 3.18. The second kappa shape index (κ2) is 6.21. The first kappa shape index (κ1) is 16.1. The second-order valence-corrected chi connectivity index (χ2v) is 7.67. The Morgan fingerprint density at radius 2 is 1.95 bits per heavy atom. The van der Waals surface area contributed by atoms with Crippen molar-refractivity contribution in [3.63, 3.8) is 0 Å². The number of furan rings is 1. The van der Waals surface area contributed by atoms with Crippen molar-refractivity contribution in [2.75, 3.05) is 14.1 Å². The lowest BCUT2D eigenvalue weighted by atomic mass is 10.2. The molecule has 0 aliphatic heterocycles. The molecule has 5 nitrogen and oxygen atoms in total. The van der Waals surface area contributed by atoms with Gasteiger partial charge in [0.1, 0.15) is 18.1 Å². The first-order chi connectivity index (χ1) is 9.80. The van der Waals surface area contributed by atoms with Crippen LogP contribution in [0.5, 0.6) is 5.75 Å². The van der Waals surface area contributed by atoms with Gasteiger partial charge in [0.2, 0.25) is 5.09 Å². The standard InChI is InChI=1S/C14H16BrNO4S/c1-10-4-6-13(12(15)8-10)19-9-11-5-7-14(20-11)21(17,18)16(2)3/h4-8H,9H2,1-3H3. The molecule has 0 aliphatic rings. The second-order valence-electron chi connectivity index (χ2n) is 4.73. The zero-order chi connectivity index (χ0) is 15.6. The third kappa shape index (κ3) is 3.66. The highest BCUT2D eigenvalue weighted by atomic mass is 79.9. The van der Waals surface area contributed by atoms with Crippen molar-refractivity contribution in [2.24, 2.45) is 0 Å². The number of nitrogens with zero attached hydrogens (tertiary/aromatic N) is 1. The zero-order valence-electron chi connectivity index (χ0n) is 12.0.